The Labute approximate surface area is 322 Å². The van der Waals surface area contributed by atoms with E-state index in [0.717, 1.165) is 77.0 Å². The van der Waals surface area contributed by atoms with E-state index in [1.165, 1.54) is 41.7 Å². The summed E-state index contributed by atoms with van der Waals surface area (Å²) in [4.78, 5) is 28.6. The molecule has 0 atom stereocenters. The molecule has 3 aromatic rings. The summed E-state index contributed by atoms with van der Waals surface area (Å²) in [5, 5.41) is 10.0. The number of fused-ring (bicyclic) bond motifs is 2. The Morgan fingerprint density at radius 3 is 2.23 bits per heavy atom. The first kappa shape index (κ1) is 38.4. The summed E-state index contributed by atoms with van der Waals surface area (Å²) in [6.07, 6.45) is 13.9. The standard InChI is InChI=1S/C43H51N4O4S2/c1-10-23-46-33-19-15-29(39(48)50-8)25-31(33)42(4,5)35(46)21-17-27-13-14-28(38(27)53-41-45-44-37(12-3)52-41)18-22-36-43(6,7)32-26-30(40(49)51-9)16-20-34(32)47(36)24-11-2/h15-22,25-26H,10-14,23-24H2,1-9H3/q+1. The van der Waals surface area contributed by atoms with Gasteiger partial charge in [-0.1, -0.05) is 69.9 Å². The maximum atomic E-state index is 12.5. The van der Waals surface area contributed by atoms with Gasteiger partial charge in [-0.25, -0.2) is 9.59 Å². The largest absolute Gasteiger partial charge is 0.465 e. The van der Waals surface area contributed by atoms with Crippen LogP contribution in [0.25, 0.3) is 0 Å². The second kappa shape index (κ2) is 15.6. The zero-order valence-corrected chi connectivity index (χ0v) is 34.1. The van der Waals surface area contributed by atoms with Crippen LogP contribution in [-0.4, -0.2) is 59.7 Å². The Bertz CT molecular complexity index is 2100. The SMILES string of the molecule is CCCN1/C(=C/C=C2\CCC(/C=C/C3=[N+](CCC)c4ccc(C(=O)OC)cc4C3(C)C)=C2Sc2nnc(CC)s2)C(C)(C)c2cc(C(=O)OC)ccc21. The van der Waals surface area contributed by atoms with Crippen molar-refractivity contribution in [1.82, 2.24) is 10.2 Å². The van der Waals surface area contributed by atoms with Crippen LogP contribution in [0.1, 0.15) is 111 Å². The number of carbonyl (C=O) groups is 2. The molecule has 0 bridgehead atoms. The molecule has 2 aliphatic heterocycles. The van der Waals surface area contributed by atoms with Gasteiger partial charge in [0, 0.05) is 52.4 Å². The molecule has 1 aliphatic carbocycles. The highest BCUT2D eigenvalue weighted by atomic mass is 32.2. The van der Waals surface area contributed by atoms with Crippen LogP contribution in [0.3, 0.4) is 0 Å². The molecule has 3 aliphatic rings. The van der Waals surface area contributed by atoms with Gasteiger partial charge in [0.15, 0.2) is 10.1 Å². The van der Waals surface area contributed by atoms with Crippen molar-refractivity contribution in [2.24, 2.45) is 0 Å². The number of allylic oxidation sites excluding steroid dienone is 7. The molecule has 0 spiro atoms. The molecule has 8 nitrogen and oxygen atoms in total. The third-order valence-electron chi connectivity index (χ3n) is 10.6. The number of ether oxygens (including phenoxy) is 2. The van der Waals surface area contributed by atoms with Crippen LogP contribution < -0.4 is 4.90 Å². The van der Waals surface area contributed by atoms with Crippen LogP contribution in [0.5, 0.6) is 0 Å². The zero-order chi connectivity index (χ0) is 38.1. The maximum Gasteiger partial charge on any atom is 0.337 e. The highest BCUT2D eigenvalue weighted by Gasteiger charge is 2.45. The van der Waals surface area contributed by atoms with Crippen molar-refractivity contribution in [3.05, 3.63) is 110 Å². The Morgan fingerprint density at radius 2 is 1.58 bits per heavy atom. The van der Waals surface area contributed by atoms with E-state index in [2.05, 4.69) is 105 Å². The molecule has 6 rings (SSSR count). The monoisotopic (exact) mass is 751 g/mol. The van der Waals surface area contributed by atoms with Gasteiger partial charge in [0.1, 0.15) is 11.6 Å². The highest BCUT2D eigenvalue weighted by Crippen LogP contribution is 2.49. The van der Waals surface area contributed by atoms with Crippen molar-refractivity contribution < 1.29 is 23.6 Å². The summed E-state index contributed by atoms with van der Waals surface area (Å²) < 4.78 is 13.5. The molecule has 0 amide bonds. The molecule has 0 saturated carbocycles. The van der Waals surface area contributed by atoms with E-state index >= 15 is 0 Å². The molecule has 3 heterocycles. The number of hydrogen-bond acceptors (Lipinski definition) is 9. The lowest BCUT2D eigenvalue weighted by Gasteiger charge is -2.26. The van der Waals surface area contributed by atoms with Gasteiger partial charge in [0.25, 0.3) is 0 Å². The molecule has 10 heteroatoms. The molecular formula is C43H51N4O4S2+. The van der Waals surface area contributed by atoms with Crippen LogP contribution >= 0.6 is 23.1 Å². The van der Waals surface area contributed by atoms with Crippen LogP contribution in [0.4, 0.5) is 11.4 Å². The molecular weight excluding hydrogens is 701 g/mol. The van der Waals surface area contributed by atoms with Crippen molar-refractivity contribution in [2.45, 2.75) is 95.7 Å². The Kier molecular flexibility index (Phi) is 11.3. The topological polar surface area (TPSA) is 84.6 Å². The van der Waals surface area contributed by atoms with Crippen LogP contribution in [0.15, 0.2) is 86.8 Å². The van der Waals surface area contributed by atoms with E-state index in [1.807, 2.05) is 24.3 Å². The average Bonchev–Trinajstić information content (AvgIpc) is 3.88. The fourth-order valence-electron chi connectivity index (χ4n) is 7.79. The van der Waals surface area contributed by atoms with E-state index in [0.29, 0.717) is 11.1 Å². The van der Waals surface area contributed by atoms with Gasteiger partial charge < -0.3 is 14.4 Å². The fraction of sp³-hybridized carbons (Fsp3) is 0.419. The van der Waals surface area contributed by atoms with Gasteiger partial charge >= 0.3 is 11.9 Å². The van der Waals surface area contributed by atoms with Gasteiger partial charge in [0.2, 0.25) is 5.69 Å². The lowest BCUT2D eigenvalue weighted by atomic mass is 9.80. The normalized spacial score (nSPS) is 18.8. The number of aromatic nitrogens is 2. The minimum atomic E-state index is -0.321. The molecule has 0 radical (unpaired) electrons. The predicted molar refractivity (Wildman–Crippen MR) is 216 cm³/mol. The first-order valence-corrected chi connectivity index (χ1v) is 20.2. The lowest BCUT2D eigenvalue weighted by Crippen LogP contribution is -2.28. The first-order chi connectivity index (χ1) is 25.4. The number of carbonyl (C=O) groups excluding carboxylic acids is 2. The van der Waals surface area contributed by atoms with E-state index in [4.69, 9.17) is 9.47 Å². The molecule has 2 aromatic carbocycles. The van der Waals surface area contributed by atoms with E-state index in [1.54, 1.807) is 23.1 Å². The number of esters is 2. The van der Waals surface area contributed by atoms with Gasteiger partial charge in [-0.05, 0) is 92.6 Å². The smallest absolute Gasteiger partial charge is 0.337 e. The van der Waals surface area contributed by atoms with Crippen molar-refractivity contribution in [1.29, 1.82) is 0 Å². The third kappa shape index (κ3) is 7.20. The summed E-state index contributed by atoms with van der Waals surface area (Å²) in [6, 6.07) is 11.9. The summed E-state index contributed by atoms with van der Waals surface area (Å²) >= 11 is 3.38. The molecule has 1 aromatic heterocycles. The summed E-state index contributed by atoms with van der Waals surface area (Å²) in [6.45, 7) is 17.2. The molecule has 278 valence electrons. The van der Waals surface area contributed by atoms with Gasteiger partial charge in [-0.2, -0.15) is 4.58 Å². The summed E-state index contributed by atoms with van der Waals surface area (Å²) in [5.41, 5.74) is 10.0. The molecule has 53 heavy (non-hydrogen) atoms. The molecule has 0 saturated heterocycles. The molecule has 0 unspecified atom stereocenters. The van der Waals surface area contributed by atoms with Crippen LogP contribution in [0, 0.1) is 0 Å². The Hall–Kier alpha value is -4.28. The van der Waals surface area contributed by atoms with E-state index in [-0.39, 0.29) is 22.8 Å². The second-order valence-corrected chi connectivity index (χ2v) is 17.1. The predicted octanol–water partition coefficient (Wildman–Crippen LogP) is 9.87. The number of thioether (sulfide) groups is 1. The minimum Gasteiger partial charge on any atom is -0.465 e. The molecule has 0 fully saturated rings. The summed E-state index contributed by atoms with van der Waals surface area (Å²) in [5.74, 6) is -0.642. The minimum absolute atomic E-state index is 0.310. The fourth-order valence-corrected chi connectivity index (χ4v) is 9.86. The van der Waals surface area contributed by atoms with Crippen molar-refractivity contribution in [2.75, 3.05) is 32.2 Å². The quantitative estimate of drug-likeness (QED) is 0.134. The number of methoxy groups -OCH3 is 2. The van der Waals surface area contributed by atoms with Gasteiger partial charge in [0.05, 0.1) is 30.8 Å². The second-order valence-electron chi connectivity index (χ2n) is 14.7. The summed E-state index contributed by atoms with van der Waals surface area (Å²) in [7, 11) is 2.85. The number of benzene rings is 2. The van der Waals surface area contributed by atoms with Crippen molar-refractivity contribution in [3.8, 4) is 0 Å². The first-order valence-electron chi connectivity index (χ1n) is 18.6. The average molecular weight is 752 g/mol. The number of nitrogens with zero attached hydrogens (tertiary/aromatic N) is 4. The zero-order valence-electron chi connectivity index (χ0n) is 32.5. The molecule has 0 N–H and O–H groups in total. The van der Waals surface area contributed by atoms with Crippen molar-refractivity contribution in [3.63, 3.8) is 0 Å². The van der Waals surface area contributed by atoms with Crippen LogP contribution in [0.2, 0.25) is 0 Å². The van der Waals surface area contributed by atoms with E-state index < -0.39 is 0 Å². The third-order valence-corrected chi connectivity index (χ3v) is 12.9. The van der Waals surface area contributed by atoms with Crippen molar-refractivity contribution >= 4 is 52.1 Å². The Morgan fingerprint density at radius 1 is 0.887 bits per heavy atom. The van der Waals surface area contributed by atoms with E-state index in [9.17, 15) is 9.59 Å². The van der Waals surface area contributed by atoms with Gasteiger partial charge in [-0.3, -0.25) is 0 Å². The van der Waals surface area contributed by atoms with Gasteiger partial charge in [-0.15, -0.1) is 10.2 Å². The Balaban J connectivity index is 1.42. The maximum absolute atomic E-state index is 12.5. The highest BCUT2D eigenvalue weighted by molar-refractivity contribution is 8.04. The number of aryl methyl sites for hydroxylation is 1. The number of rotatable bonds is 12. The number of hydrogen-bond donors (Lipinski definition) is 0. The number of anilines is 1. The lowest BCUT2D eigenvalue weighted by molar-refractivity contribution is -0.437. The van der Waals surface area contributed by atoms with Crippen LogP contribution in [-0.2, 0) is 26.7 Å².